The highest BCUT2D eigenvalue weighted by molar-refractivity contribution is 7.99. The Morgan fingerprint density at radius 1 is 1.33 bits per heavy atom. The summed E-state index contributed by atoms with van der Waals surface area (Å²) in [5.74, 6) is 2.38. The van der Waals surface area contributed by atoms with Gasteiger partial charge in [-0.2, -0.15) is 0 Å². The third-order valence-electron chi connectivity index (χ3n) is 3.35. The van der Waals surface area contributed by atoms with Crippen LogP contribution >= 0.6 is 23.1 Å². The average molecular weight is 319 g/mol. The lowest BCUT2D eigenvalue weighted by Crippen LogP contribution is -2.33. The van der Waals surface area contributed by atoms with Crippen LogP contribution in [0.1, 0.15) is 22.9 Å². The molecule has 0 saturated heterocycles. The fraction of sp³-hybridized carbons (Fsp3) is 0.312. The molecule has 2 aromatic rings. The molecule has 3 rings (SSSR count). The van der Waals surface area contributed by atoms with Crippen molar-refractivity contribution in [2.75, 3.05) is 12.4 Å². The monoisotopic (exact) mass is 319 g/mol. The lowest BCUT2D eigenvalue weighted by molar-refractivity contribution is -0.119. The van der Waals surface area contributed by atoms with Gasteiger partial charge in [-0.25, -0.2) is 0 Å². The standard InChI is InChI=1S/C16H17NO2S2/c18-16(11-20-10-12-4-3-9-21-12)17-14-7-8-19-15-6-2-1-5-13(14)15/h1-6,9,14H,7-8,10-11H2,(H,17,18)/t14-/m1/s1. The van der Waals surface area contributed by atoms with Gasteiger partial charge in [-0.3, -0.25) is 4.79 Å². The molecule has 1 aromatic carbocycles. The Morgan fingerprint density at radius 3 is 3.10 bits per heavy atom. The first kappa shape index (κ1) is 14.5. The quantitative estimate of drug-likeness (QED) is 0.915. The van der Waals surface area contributed by atoms with Gasteiger partial charge in [0, 0.05) is 22.6 Å². The van der Waals surface area contributed by atoms with Gasteiger partial charge in [0.2, 0.25) is 5.91 Å². The van der Waals surface area contributed by atoms with Gasteiger partial charge in [0.05, 0.1) is 18.4 Å². The summed E-state index contributed by atoms with van der Waals surface area (Å²) in [6.07, 6.45) is 0.832. The number of thiophene rings is 1. The number of ether oxygens (including phenoxy) is 1. The third kappa shape index (κ3) is 3.80. The summed E-state index contributed by atoms with van der Waals surface area (Å²) < 4.78 is 5.61. The predicted molar refractivity (Wildman–Crippen MR) is 87.9 cm³/mol. The molecule has 1 aromatic heterocycles. The van der Waals surface area contributed by atoms with E-state index < -0.39 is 0 Å². The van der Waals surface area contributed by atoms with Gasteiger partial charge >= 0.3 is 0 Å². The van der Waals surface area contributed by atoms with Crippen LogP contribution in [-0.4, -0.2) is 18.3 Å². The van der Waals surface area contributed by atoms with Crippen LogP contribution in [0.2, 0.25) is 0 Å². The van der Waals surface area contributed by atoms with Crippen molar-refractivity contribution in [3.8, 4) is 5.75 Å². The first-order valence-corrected chi connectivity index (χ1v) is 8.97. The molecule has 0 unspecified atom stereocenters. The van der Waals surface area contributed by atoms with Crippen LogP contribution in [0.15, 0.2) is 41.8 Å². The lowest BCUT2D eigenvalue weighted by atomic mass is 10.0. The summed E-state index contributed by atoms with van der Waals surface area (Å²) in [7, 11) is 0. The van der Waals surface area contributed by atoms with E-state index in [1.54, 1.807) is 23.1 Å². The SMILES string of the molecule is O=C(CSCc1cccs1)N[C@@H]1CCOc2ccccc21. The Hall–Kier alpha value is -1.46. The van der Waals surface area contributed by atoms with Crippen LogP contribution in [0.5, 0.6) is 5.75 Å². The molecule has 0 saturated carbocycles. The van der Waals surface area contributed by atoms with Crippen molar-refractivity contribution in [3.63, 3.8) is 0 Å². The fourth-order valence-electron chi connectivity index (χ4n) is 2.37. The summed E-state index contributed by atoms with van der Waals surface area (Å²) in [6.45, 7) is 0.657. The molecular weight excluding hydrogens is 302 g/mol. The second-order valence-electron chi connectivity index (χ2n) is 4.87. The molecule has 21 heavy (non-hydrogen) atoms. The van der Waals surface area contributed by atoms with Crippen molar-refractivity contribution in [3.05, 3.63) is 52.2 Å². The average Bonchev–Trinajstić information content (AvgIpc) is 3.01. The first-order valence-electron chi connectivity index (χ1n) is 6.94. The zero-order chi connectivity index (χ0) is 14.5. The number of amides is 1. The maximum absolute atomic E-state index is 12.1. The molecule has 1 aliphatic heterocycles. The van der Waals surface area contributed by atoms with Crippen LogP contribution in [0.3, 0.4) is 0 Å². The molecule has 0 radical (unpaired) electrons. The Morgan fingerprint density at radius 2 is 2.24 bits per heavy atom. The van der Waals surface area contributed by atoms with Gasteiger partial charge in [-0.05, 0) is 17.5 Å². The highest BCUT2D eigenvalue weighted by Gasteiger charge is 2.22. The van der Waals surface area contributed by atoms with Crippen LogP contribution in [0, 0.1) is 0 Å². The second-order valence-corrected chi connectivity index (χ2v) is 6.89. The van der Waals surface area contributed by atoms with E-state index in [1.165, 1.54) is 4.88 Å². The zero-order valence-electron chi connectivity index (χ0n) is 11.6. The van der Waals surface area contributed by atoms with Crippen molar-refractivity contribution in [1.29, 1.82) is 0 Å². The molecule has 0 fully saturated rings. The number of benzene rings is 1. The van der Waals surface area contributed by atoms with Crippen molar-refractivity contribution in [1.82, 2.24) is 5.32 Å². The highest BCUT2D eigenvalue weighted by Crippen LogP contribution is 2.31. The molecule has 2 heterocycles. The van der Waals surface area contributed by atoms with Crippen molar-refractivity contribution < 1.29 is 9.53 Å². The van der Waals surface area contributed by atoms with Crippen LogP contribution in [0.4, 0.5) is 0 Å². The maximum atomic E-state index is 12.1. The fourth-order valence-corrected chi connectivity index (χ4v) is 4.05. The minimum absolute atomic E-state index is 0.0739. The van der Waals surface area contributed by atoms with E-state index in [-0.39, 0.29) is 11.9 Å². The summed E-state index contributed by atoms with van der Waals surface area (Å²) in [5.41, 5.74) is 1.08. The minimum Gasteiger partial charge on any atom is -0.493 e. The molecular formula is C16H17NO2S2. The summed E-state index contributed by atoms with van der Waals surface area (Å²) >= 11 is 3.39. The van der Waals surface area contributed by atoms with Crippen LogP contribution < -0.4 is 10.1 Å². The normalized spacial score (nSPS) is 16.9. The van der Waals surface area contributed by atoms with Crippen molar-refractivity contribution in [2.24, 2.45) is 0 Å². The van der Waals surface area contributed by atoms with Gasteiger partial charge in [-0.1, -0.05) is 24.3 Å². The number of fused-ring (bicyclic) bond motifs is 1. The number of para-hydroxylation sites is 1. The topological polar surface area (TPSA) is 38.3 Å². The second kappa shape index (κ2) is 7.00. The maximum Gasteiger partial charge on any atom is 0.230 e. The van der Waals surface area contributed by atoms with Crippen molar-refractivity contribution >= 4 is 29.0 Å². The summed E-state index contributed by atoms with van der Waals surface area (Å²) in [5, 5.41) is 5.18. The number of hydrogen-bond acceptors (Lipinski definition) is 4. The largest absolute Gasteiger partial charge is 0.493 e. The number of nitrogens with one attached hydrogen (secondary N) is 1. The molecule has 1 atom stereocenters. The van der Waals surface area contributed by atoms with Crippen LogP contribution in [-0.2, 0) is 10.5 Å². The summed E-state index contributed by atoms with van der Waals surface area (Å²) in [4.78, 5) is 13.4. The smallest absolute Gasteiger partial charge is 0.230 e. The van der Waals surface area contributed by atoms with E-state index in [9.17, 15) is 4.79 Å². The molecule has 5 heteroatoms. The summed E-state index contributed by atoms with van der Waals surface area (Å²) in [6, 6.07) is 12.1. The van der Waals surface area contributed by atoms with Gasteiger partial charge in [-0.15, -0.1) is 23.1 Å². The number of carbonyl (C=O) groups is 1. The van der Waals surface area contributed by atoms with Gasteiger partial charge in [0.15, 0.2) is 0 Å². The zero-order valence-corrected chi connectivity index (χ0v) is 13.2. The van der Waals surface area contributed by atoms with Gasteiger partial charge in [0.25, 0.3) is 0 Å². The molecule has 3 nitrogen and oxygen atoms in total. The highest BCUT2D eigenvalue weighted by atomic mass is 32.2. The Kier molecular flexibility index (Phi) is 4.83. The molecule has 0 spiro atoms. The van der Waals surface area contributed by atoms with Crippen LogP contribution in [0.25, 0.3) is 0 Å². The lowest BCUT2D eigenvalue weighted by Gasteiger charge is -2.26. The molecule has 1 amide bonds. The Bertz CT molecular complexity index is 598. The third-order valence-corrected chi connectivity index (χ3v) is 5.39. The first-order chi connectivity index (χ1) is 10.3. The number of thioether (sulfide) groups is 1. The Labute approximate surface area is 132 Å². The van der Waals surface area contributed by atoms with E-state index in [2.05, 4.69) is 16.8 Å². The van der Waals surface area contributed by atoms with E-state index in [0.717, 1.165) is 23.5 Å². The van der Waals surface area contributed by atoms with E-state index in [4.69, 9.17) is 4.74 Å². The van der Waals surface area contributed by atoms with Gasteiger partial charge in [0.1, 0.15) is 5.75 Å². The number of carbonyl (C=O) groups excluding carboxylic acids is 1. The van der Waals surface area contributed by atoms with E-state index in [1.807, 2.05) is 30.3 Å². The van der Waals surface area contributed by atoms with E-state index >= 15 is 0 Å². The molecule has 110 valence electrons. The minimum atomic E-state index is 0.0739. The van der Waals surface area contributed by atoms with E-state index in [0.29, 0.717) is 12.4 Å². The molecule has 0 bridgehead atoms. The molecule has 1 aliphatic rings. The Balaban J connectivity index is 1.51. The van der Waals surface area contributed by atoms with Gasteiger partial charge < -0.3 is 10.1 Å². The van der Waals surface area contributed by atoms with Crippen molar-refractivity contribution in [2.45, 2.75) is 18.2 Å². The molecule has 1 N–H and O–H groups in total. The number of hydrogen-bond donors (Lipinski definition) is 1. The molecule has 0 aliphatic carbocycles. The predicted octanol–water partition coefficient (Wildman–Crippen LogP) is 3.62. The number of rotatable bonds is 5.